The molecule has 0 aliphatic carbocycles. The Morgan fingerprint density at radius 3 is 2.62 bits per heavy atom. The van der Waals surface area contributed by atoms with Gasteiger partial charge in [0.15, 0.2) is 0 Å². The summed E-state index contributed by atoms with van der Waals surface area (Å²) < 4.78 is 39.4. The van der Waals surface area contributed by atoms with Crippen LogP contribution in [0.15, 0.2) is 47.4 Å². The largest absolute Gasteiger partial charge is 0.418 e. The highest BCUT2D eigenvalue weighted by Gasteiger charge is 2.34. The zero-order valence-corrected chi connectivity index (χ0v) is 18.4. The molecule has 0 spiro atoms. The number of fused-ring (bicyclic) bond motifs is 1. The molecule has 0 fully saturated rings. The van der Waals surface area contributed by atoms with Gasteiger partial charge < -0.3 is 15.5 Å². The lowest BCUT2D eigenvalue weighted by Gasteiger charge is -2.26. The number of carbonyl (C=O) groups excluding carboxylic acids is 3. The van der Waals surface area contributed by atoms with E-state index < -0.39 is 35.3 Å². The Kier molecular flexibility index (Phi) is 7.35. The number of likely N-dealkylation sites (N-methyl/N-ethyl adjacent to an activating group) is 1. The number of alkyl halides is 3. The summed E-state index contributed by atoms with van der Waals surface area (Å²) >= 11 is 7.14. The van der Waals surface area contributed by atoms with Crippen LogP contribution in [-0.4, -0.2) is 41.0 Å². The van der Waals surface area contributed by atoms with E-state index in [1.54, 1.807) is 25.1 Å². The molecule has 1 aliphatic heterocycles. The molecular formula is C21H19ClF3N3O3S. The minimum absolute atomic E-state index is 0.151. The lowest BCUT2D eigenvalue weighted by Crippen LogP contribution is -2.41. The van der Waals surface area contributed by atoms with E-state index in [0.29, 0.717) is 10.7 Å². The molecule has 1 heterocycles. The molecule has 0 saturated heterocycles. The van der Waals surface area contributed by atoms with E-state index in [9.17, 15) is 27.6 Å². The number of hydrogen-bond acceptors (Lipinski definition) is 4. The molecule has 3 rings (SSSR count). The van der Waals surface area contributed by atoms with Crippen LogP contribution >= 0.6 is 23.4 Å². The standard InChI is InChI=1S/C21H19ClF3N3O3S/c1-2-28(11-18(29)26-14-6-4-3-5-13(14)21(23,24)25)19(30)10-17-20(31)27-15-9-12(22)7-8-16(15)32-17/h3-9,17H,2,10-11H2,1H3,(H,26,29)(H,27,31)/t17-/m0/s1. The molecule has 1 atom stereocenters. The predicted molar refractivity (Wildman–Crippen MR) is 117 cm³/mol. The first-order valence-electron chi connectivity index (χ1n) is 9.59. The van der Waals surface area contributed by atoms with E-state index in [1.807, 2.05) is 0 Å². The van der Waals surface area contributed by atoms with Gasteiger partial charge in [0.05, 0.1) is 28.7 Å². The van der Waals surface area contributed by atoms with Crippen LogP contribution in [0.3, 0.4) is 0 Å². The van der Waals surface area contributed by atoms with Gasteiger partial charge in [-0.3, -0.25) is 14.4 Å². The molecule has 3 amide bonds. The van der Waals surface area contributed by atoms with Gasteiger partial charge in [-0.05, 0) is 37.3 Å². The van der Waals surface area contributed by atoms with E-state index in [0.717, 1.165) is 17.0 Å². The SMILES string of the molecule is CCN(CC(=O)Nc1ccccc1C(F)(F)F)C(=O)C[C@@H]1Sc2ccc(Cl)cc2NC1=O. The van der Waals surface area contributed by atoms with Crippen LogP contribution in [0.4, 0.5) is 24.5 Å². The molecule has 11 heteroatoms. The van der Waals surface area contributed by atoms with Crippen molar-refractivity contribution in [1.29, 1.82) is 0 Å². The van der Waals surface area contributed by atoms with Gasteiger partial charge in [-0.2, -0.15) is 13.2 Å². The van der Waals surface area contributed by atoms with Gasteiger partial charge in [0.2, 0.25) is 17.7 Å². The number of carbonyl (C=O) groups is 3. The summed E-state index contributed by atoms with van der Waals surface area (Å²) in [4.78, 5) is 39.4. The number of para-hydroxylation sites is 1. The lowest BCUT2D eigenvalue weighted by atomic mass is 10.1. The molecule has 0 radical (unpaired) electrons. The van der Waals surface area contributed by atoms with Gasteiger partial charge in [-0.25, -0.2) is 0 Å². The minimum atomic E-state index is -4.63. The number of benzene rings is 2. The minimum Gasteiger partial charge on any atom is -0.334 e. The number of nitrogens with zero attached hydrogens (tertiary/aromatic N) is 1. The molecule has 0 aromatic heterocycles. The number of rotatable bonds is 6. The highest BCUT2D eigenvalue weighted by Crippen LogP contribution is 2.38. The maximum atomic E-state index is 13.1. The smallest absolute Gasteiger partial charge is 0.334 e. The van der Waals surface area contributed by atoms with Crippen molar-refractivity contribution in [3.63, 3.8) is 0 Å². The fourth-order valence-electron chi connectivity index (χ4n) is 3.12. The van der Waals surface area contributed by atoms with E-state index in [-0.39, 0.29) is 24.6 Å². The van der Waals surface area contributed by atoms with Crippen molar-refractivity contribution in [3.8, 4) is 0 Å². The molecule has 2 aromatic carbocycles. The summed E-state index contributed by atoms with van der Waals surface area (Å²) in [5.74, 6) is -1.59. The van der Waals surface area contributed by atoms with Crippen LogP contribution < -0.4 is 10.6 Å². The first kappa shape index (κ1) is 23.9. The number of nitrogens with one attached hydrogen (secondary N) is 2. The van der Waals surface area contributed by atoms with E-state index in [4.69, 9.17) is 11.6 Å². The van der Waals surface area contributed by atoms with Crippen molar-refractivity contribution in [1.82, 2.24) is 4.90 Å². The van der Waals surface area contributed by atoms with Crippen molar-refractivity contribution in [2.24, 2.45) is 0 Å². The third-order valence-electron chi connectivity index (χ3n) is 4.70. The van der Waals surface area contributed by atoms with Gasteiger partial charge in [0, 0.05) is 22.9 Å². The maximum Gasteiger partial charge on any atom is 0.418 e. The molecule has 1 aliphatic rings. The Hall–Kier alpha value is -2.72. The Balaban J connectivity index is 1.64. The molecule has 2 N–H and O–H groups in total. The number of amides is 3. The average molecular weight is 486 g/mol. The second-order valence-electron chi connectivity index (χ2n) is 6.94. The van der Waals surface area contributed by atoms with E-state index in [2.05, 4.69) is 10.6 Å². The van der Waals surface area contributed by atoms with Gasteiger partial charge in [0.1, 0.15) is 0 Å². The van der Waals surface area contributed by atoms with E-state index in [1.165, 1.54) is 28.8 Å². The summed E-state index contributed by atoms with van der Waals surface area (Å²) in [6.07, 6.45) is -4.80. The monoisotopic (exact) mass is 485 g/mol. The predicted octanol–water partition coefficient (Wildman–Crippen LogP) is 4.65. The van der Waals surface area contributed by atoms with Crippen LogP contribution in [0.25, 0.3) is 0 Å². The summed E-state index contributed by atoms with van der Waals surface area (Å²) in [6.45, 7) is 1.35. The lowest BCUT2D eigenvalue weighted by molar-refractivity contribution is -0.137. The zero-order valence-electron chi connectivity index (χ0n) is 16.8. The first-order chi connectivity index (χ1) is 15.1. The molecule has 0 bridgehead atoms. The summed E-state index contributed by atoms with van der Waals surface area (Å²) in [7, 11) is 0. The van der Waals surface area contributed by atoms with Crippen molar-refractivity contribution in [2.45, 2.75) is 29.7 Å². The van der Waals surface area contributed by atoms with Crippen molar-refractivity contribution in [2.75, 3.05) is 23.7 Å². The highest BCUT2D eigenvalue weighted by molar-refractivity contribution is 8.01. The Morgan fingerprint density at radius 1 is 1.22 bits per heavy atom. The third kappa shape index (κ3) is 5.74. The Labute approximate surface area is 191 Å². The van der Waals surface area contributed by atoms with Crippen molar-refractivity contribution < 1.29 is 27.6 Å². The number of anilines is 2. The van der Waals surface area contributed by atoms with Crippen LogP contribution in [0.1, 0.15) is 18.9 Å². The average Bonchev–Trinajstić information content (AvgIpc) is 2.72. The van der Waals surface area contributed by atoms with Crippen LogP contribution in [-0.2, 0) is 20.6 Å². The summed E-state index contributed by atoms with van der Waals surface area (Å²) in [5.41, 5.74) is -0.797. The molecule has 0 unspecified atom stereocenters. The second-order valence-corrected chi connectivity index (χ2v) is 8.62. The van der Waals surface area contributed by atoms with Crippen LogP contribution in [0.5, 0.6) is 0 Å². The van der Waals surface area contributed by atoms with Gasteiger partial charge in [-0.1, -0.05) is 23.7 Å². The molecular weight excluding hydrogens is 467 g/mol. The van der Waals surface area contributed by atoms with Gasteiger partial charge in [-0.15, -0.1) is 11.8 Å². The molecule has 6 nitrogen and oxygen atoms in total. The fourth-order valence-corrected chi connectivity index (χ4v) is 4.38. The summed E-state index contributed by atoms with van der Waals surface area (Å²) in [5, 5.41) is 4.68. The third-order valence-corrected chi connectivity index (χ3v) is 6.21. The Morgan fingerprint density at radius 2 is 1.94 bits per heavy atom. The van der Waals surface area contributed by atoms with E-state index >= 15 is 0 Å². The number of thioether (sulfide) groups is 1. The highest BCUT2D eigenvalue weighted by atomic mass is 35.5. The number of halogens is 4. The summed E-state index contributed by atoms with van der Waals surface area (Å²) in [6, 6.07) is 9.62. The molecule has 2 aromatic rings. The Bertz CT molecular complexity index is 1050. The van der Waals surface area contributed by atoms with Crippen molar-refractivity contribution in [3.05, 3.63) is 53.1 Å². The molecule has 170 valence electrons. The topological polar surface area (TPSA) is 78.5 Å². The number of hydrogen-bond donors (Lipinski definition) is 2. The quantitative estimate of drug-likeness (QED) is 0.624. The second kappa shape index (κ2) is 9.83. The van der Waals surface area contributed by atoms with Gasteiger partial charge >= 0.3 is 6.18 Å². The first-order valence-corrected chi connectivity index (χ1v) is 10.8. The normalized spacial score (nSPS) is 15.5. The molecule has 0 saturated carbocycles. The van der Waals surface area contributed by atoms with Crippen molar-refractivity contribution >= 4 is 52.5 Å². The van der Waals surface area contributed by atoms with Crippen LogP contribution in [0.2, 0.25) is 5.02 Å². The zero-order chi connectivity index (χ0) is 23.5. The fraction of sp³-hybridized carbons (Fsp3) is 0.286. The van der Waals surface area contributed by atoms with Gasteiger partial charge in [0.25, 0.3) is 0 Å². The van der Waals surface area contributed by atoms with Crippen LogP contribution in [0, 0.1) is 0 Å². The molecule has 32 heavy (non-hydrogen) atoms. The maximum absolute atomic E-state index is 13.1.